The van der Waals surface area contributed by atoms with Crippen molar-refractivity contribution in [1.82, 2.24) is 9.78 Å². The highest BCUT2D eigenvalue weighted by Crippen LogP contribution is 2.18. The van der Waals surface area contributed by atoms with Gasteiger partial charge in [0.15, 0.2) is 5.82 Å². The molecule has 1 aromatic carbocycles. The lowest BCUT2D eigenvalue weighted by atomic mass is 10.2. The van der Waals surface area contributed by atoms with E-state index < -0.39 is 0 Å². The summed E-state index contributed by atoms with van der Waals surface area (Å²) >= 11 is 11.5. The van der Waals surface area contributed by atoms with E-state index in [1.807, 2.05) is 31.2 Å². The van der Waals surface area contributed by atoms with Gasteiger partial charge in [-0.1, -0.05) is 29.8 Å². The van der Waals surface area contributed by atoms with Gasteiger partial charge in [-0.2, -0.15) is 5.10 Å². The predicted octanol–water partition coefficient (Wildman–Crippen LogP) is 3.07. The zero-order valence-electron chi connectivity index (χ0n) is 10.4. The largest absolute Gasteiger partial charge is 0.308 e. The van der Waals surface area contributed by atoms with E-state index in [-0.39, 0.29) is 11.8 Å². The quantitative estimate of drug-likeness (QED) is 0.882. The molecule has 1 heterocycles. The molecule has 19 heavy (non-hydrogen) atoms. The molecule has 0 spiro atoms. The highest BCUT2D eigenvalue weighted by molar-refractivity contribution is 6.31. The van der Waals surface area contributed by atoms with Crippen molar-refractivity contribution in [1.29, 1.82) is 0 Å². The Hall–Kier alpha value is -1.52. The Balaban J connectivity index is 2.17. The lowest BCUT2D eigenvalue weighted by molar-refractivity contribution is -0.113. The number of nitrogens with one attached hydrogen (secondary N) is 1. The third-order valence-electron chi connectivity index (χ3n) is 2.65. The van der Waals surface area contributed by atoms with Crippen molar-refractivity contribution in [3.8, 4) is 0 Å². The topological polar surface area (TPSA) is 46.9 Å². The number of hydrogen-bond donors (Lipinski definition) is 1. The monoisotopic (exact) mass is 297 g/mol. The molecule has 2 aromatic rings. The molecule has 0 saturated heterocycles. The van der Waals surface area contributed by atoms with Crippen LogP contribution in [0.4, 0.5) is 5.82 Å². The number of benzene rings is 1. The first-order valence-electron chi connectivity index (χ1n) is 5.74. The lowest BCUT2D eigenvalue weighted by Crippen LogP contribution is -2.13. The fourth-order valence-electron chi connectivity index (χ4n) is 1.70. The number of aromatic nitrogens is 2. The van der Waals surface area contributed by atoms with Crippen molar-refractivity contribution in [2.75, 3.05) is 11.2 Å². The predicted molar refractivity (Wildman–Crippen MR) is 76.9 cm³/mol. The Morgan fingerprint density at radius 3 is 2.84 bits per heavy atom. The zero-order valence-corrected chi connectivity index (χ0v) is 11.9. The number of rotatable bonds is 4. The number of carbonyl (C=O) groups is 1. The van der Waals surface area contributed by atoms with Crippen LogP contribution in [-0.4, -0.2) is 21.6 Å². The minimum atomic E-state index is -0.274. The molecule has 0 aliphatic heterocycles. The summed E-state index contributed by atoms with van der Waals surface area (Å²) in [7, 11) is 0. The third-order valence-corrected chi connectivity index (χ3v) is 3.26. The van der Waals surface area contributed by atoms with Gasteiger partial charge in [0, 0.05) is 16.8 Å². The van der Waals surface area contributed by atoms with Crippen LogP contribution in [0.15, 0.2) is 30.3 Å². The average Bonchev–Trinajstić information content (AvgIpc) is 2.72. The van der Waals surface area contributed by atoms with Crippen LogP contribution in [0.3, 0.4) is 0 Å². The van der Waals surface area contributed by atoms with E-state index in [1.54, 1.807) is 10.7 Å². The summed E-state index contributed by atoms with van der Waals surface area (Å²) < 4.78 is 1.78. The van der Waals surface area contributed by atoms with Crippen molar-refractivity contribution in [2.24, 2.45) is 0 Å². The molecule has 0 radical (unpaired) electrons. The summed E-state index contributed by atoms with van der Waals surface area (Å²) in [6.07, 6.45) is 0. The fourth-order valence-corrected chi connectivity index (χ4v) is 1.96. The Morgan fingerprint density at radius 1 is 1.42 bits per heavy atom. The van der Waals surface area contributed by atoms with Gasteiger partial charge in [0.1, 0.15) is 5.88 Å². The maximum Gasteiger partial charge on any atom is 0.240 e. The van der Waals surface area contributed by atoms with Crippen LogP contribution in [0.2, 0.25) is 5.02 Å². The van der Waals surface area contributed by atoms with E-state index in [9.17, 15) is 4.79 Å². The summed E-state index contributed by atoms with van der Waals surface area (Å²) in [5.74, 6) is 0.135. The van der Waals surface area contributed by atoms with E-state index in [1.165, 1.54) is 0 Å². The normalized spacial score (nSPS) is 10.5. The van der Waals surface area contributed by atoms with E-state index in [0.717, 1.165) is 11.3 Å². The molecule has 4 nitrogen and oxygen atoms in total. The van der Waals surface area contributed by atoms with Gasteiger partial charge in [0.25, 0.3) is 0 Å². The fraction of sp³-hybridized carbons (Fsp3) is 0.231. The van der Waals surface area contributed by atoms with Crippen molar-refractivity contribution in [3.63, 3.8) is 0 Å². The van der Waals surface area contributed by atoms with Gasteiger partial charge in [0.05, 0.1) is 6.54 Å². The Bertz CT molecular complexity index is 595. The number of anilines is 1. The smallest absolute Gasteiger partial charge is 0.240 e. The van der Waals surface area contributed by atoms with Crippen LogP contribution in [0.25, 0.3) is 0 Å². The maximum absolute atomic E-state index is 11.2. The molecule has 6 heteroatoms. The lowest BCUT2D eigenvalue weighted by Gasteiger charge is -2.06. The molecule has 0 atom stereocenters. The molecule has 0 aliphatic carbocycles. The van der Waals surface area contributed by atoms with E-state index in [2.05, 4.69) is 10.4 Å². The first-order chi connectivity index (χ1) is 9.10. The summed E-state index contributed by atoms with van der Waals surface area (Å²) in [4.78, 5) is 11.2. The van der Waals surface area contributed by atoms with E-state index >= 15 is 0 Å². The van der Waals surface area contributed by atoms with Crippen molar-refractivity contribution < 1.29 is 4.79 Å². The van der Waals surface area contributed by atoms with Crippen LogP contribution in [0.5, 0.6) is 0 Å². The molecule has 0 bridgehead atoms. The molecule has 0 saturated carbocycles. The molecule has 1 aromatic heterocycles. The minimum absolute atomic E-state index is 0.0869. The van der Waals surface area contributed by atoms with Crippen LogP contribution in [0.1, 0.15) is 11.3 Å². The molecule has 1 N–H and O–H groups in total. The number of halogens is 2. The standard InChI is InChI=1S/C13H13Cl2N3O/c1-9-6-12(16-13(19)7-14)17-18(9)8-10-4-2-3-5-11(10)15/h2-6H,7-8H2,1H3,(H,16,17,19). The van der Waals surface area contributed by atoms with Crippen LogP contribution >= 0.6 is 23.2 Å². The summed E-state index contributed by atoms with van der Waals surface area (Å²) in [6.45, 7) is 2.47. The average molecular weight is 298 g/mol. The molecular formula is C13H13Cl2N3O. The van der Waals surface area contributed by atoms with Crippen LogP contribution < -0.4 is 5.32 Å². The van der Waals surface area contributed by atoms with Gasteiger partial charge in [-0.25, -0.2) is 0 Å². The number of carbonyl (C=O) groups excluding carboxylic acids is 1. The maximum atomic E-state index is 11.2. The van der Waals surface area contributed by atoms with Gasteiger partial charge >= 0.3 is 0 Å². The molecule has 0 aliphatic rings. The summed E-state index contributed by atoms with van der Waals surface area (Å²) in [5.41, 5.74) is 1.91. The number of alkyl halides is 1. The van der Waals surface area contributed by atoms with Crippen molar-refractivity contribution in [2.45, 2.75) is 13.5 Å². The first-order valence-corrected chi connectivity index (χ1v) is 6.65. The van der Waals surface area contributed by atoms with Gasteiger partial charge in [0.2, 0.25) is 5.91 Å². The first kappa shape index (κ1) is 13.9. The highest BCUT2D eigenvalue weighted by atomic mass is 35.5. The van der Waals surface area contributed by atoms with Crippen molar-refractivity contribution >= 4 is 34.9 Å². The Labute approximate surface area is 121 Å². The van der Waals surface area contributed by atoms with Gasteiger partial charge < -0.3 is 5.32 Å². The molecule has 100 valence electrons. The third kappa shape index (κ3) is 3.49. The second-order valence-electron chi connectivity index (χ2n) is 4.10. The molecule has 1 amide bonds. The number of nitrogens with zero attached hydrogens (tertiary/aromatic N) is 2. The zero-order chi connectivity index (χ0) is 13.8. The Morgan fingerprint density at radius 2 is 2.16 bits per heavy atom. The number of hydrogen-bond acceptors (Lipinski definition) is 2. The van der Waals surface area contributed by atoms with Crippen LogP contribution in [-0.2, 0) is 11.3 Å². The van der Waals surface area contributed by atoms with E-state index in [4.69, 9.17) is 23.2 Å². The van der Waals surface area contributed by atoms with Crippen LogP contribution in [0, 0.1) is 6.92 Å². The molecule has 2 rings (SSSR count). The summed E-state index contributed by atoms with van der Waals surface area (Å²) in [6, 6.07) is 9.39. The highest BCUT2D eigenvalue weighted by Gasteiger charge is 2.08. The van der Waals surface area contributed by atoms with E-state index in [0.29, 0.717) is 17.4 Å². The van der Waals surface area contributed by atoms with Crippen molar-refractivity contribution in [3.05, 3.63) is 46.6 Å². The molecule has 0 unspecified atom stereocenters. The van der Waals surface area contributed by atoms with Gasteiger partial charge in [-0.3, -0.25) is 9.48 Å². The minimum Gasteiger partial charge on any atom is -0.308 e. The molecule has 0 fully saturated rings. The number of amides is 1. The Kier molecular flexibility index (Phi) is 4.45. The second kappa shape index (κ2) is 6.08. The van der Waals surface area contributed by atoms with Gasteiger partial charge in [-0.15, -0.1) is 11.6 Å². The second-order valence-corrected chi connectivity index (χ2v) is 4.78. The molecular weight excluding hydrogens is 285 g/mol. The summed E-state index contributed by atoms with van der Waals surface area (Å²) in [5, 5.41) is 7.62. The number of aryl methyl sites for hydroxylation is 1. The van der Waals surface area contributed by atoms with Gasteiger partial charge in [-0.05, 0) is 18.6 Å². The SMILES string of the molecule is Cc1cc(NC(=O)CCl)nn1Cc1ccccc1Cl.